The number of rotatable bonds is 4. The van der Waals surface area contributed by atoms with Crippen LogP contribution in [0.4, 0.5) is 0 Å². The zero-order valence-electron chi connectivity index (χ0n) is 7.30. The fourth-order valence-corrected chi connectivity index (χ4v) is 2.14. The van der Waals surface area contributed by atoms with Crippen LogP contribution >= 0.6 is 11.8 Å². The molecule has 1 aliphatic heterocycles. The lowest BCUT2D eigenvalue weighted by molar-refractivity contribution is -0.144. The van der Waals surface area contributed by atoms with Gasteiger partial charge in [-0.25, -0.2) is 0 Å². The van der Waals surface area contributed by atoms with Crippen molar-refractivity contribution in [1.29, 1.82) is 0 Å². The average molecular weight is 189 g/mol. The highest BCUT2D eigenvalue weighted by Gasteiger charge is 2.40. The Balaban J connectivity index is 2.53. The maximum absolute atomic E-state index is 11.0. The Hall–Kier alpha value is -0.220. The Morgan fingerprint density at radius 2 is 2.50 bits per heavy atom. The molecule has 1 aliphatic rings. The largest absolute Gasteiger partial charge is 0.480 e. The Bertz CT molecular complexity index is 166. The highest BCUT2D eigenvalue weighted by atomic mass is 32.2. The normalized spacial score (nSPS) is 29.1. The van der Waals surface area contributed by atoms with Crippen molar-refractivity contribution in [2.24, 2.45) is 0 Å². The van der Waals surface area contributed by atoms with E-state index < -0.39 is 11.5 Å². The summed E-state index contributed by atoms with van der Waals surface area (Å²) in [5, 5.41) is 12.1. The minimum Gasteiger partial charge on any atom is -0.480 e. The van der Waals surface area contributed by atoms with Crippen molar-refractivity contribution in [3.63, 3.8) is 0 Å². The van der Waals surface area contributed by atoms with Crippen molar-refractivity contribution in [3.8, 4) is 0 Å². The van der Waals surface area contributed by atoms with Crippen LogP contribution in [0, 0.1) is 0 Å². The molecule has 12 heavy (non-hydrogen) atoms. The molecule has 0 saturated carbocycles. The van der Waals surface area contributed by atoms with Crippen LogP contribution in [0.25, 0.3) is 0 Å². The number of nitrogens with one attached hydrogen (secondary N) is 1. The highest BCUT2D eigenvalue weighted by Crippen LogP contribution is 2.24. The van der Waals surface area contributed by atoms with Gasteiger partial charge in [0.2, 0.25) is 0 Å². The van der Waals surface area contributed by atoms with Gasteiger partial charge in [0.25, 0.3) is 0 Å². The number of hydrogen-bond donors (Lipinski definition) is 2. The average Bonchev–Trinajstić information content (AvgIpc) is 2.50. The van der Waals surface area contributed by atoms with Crippen LogP contribution in [0.5, 0.6) is 0 Å². The van der Waals surface area contributed by atoms with Crippen molar-refractivity contribution in [3.05, 3.63) is 0 Å². The molecule has 2 N–H and O–H groups in total. The molecule has 1 atom stereocenters. The Morgan fingerprint density at radius 3 is 2.92 bits per heavy atom. The number of carboxylic acids is 1. The predicted molar refractivity (Wildman–Crippen MR) is 50.6 cm³/mol. The van der Waals surface area contributed by atoms with Crippen molar-refractivity contribution < 1.29 is 9.90 Å². The van der Waals surface area contributed by atoms with Gasteiger partial charge in [0, 0.05) is 0 Å². The SMILES string of the molecule is CSCCC1(C(=O)O)CCCN1. The molecule has 0 amide bonds. The lowest BCUT2D eigenvalue weighted by Gasteiger charge is -2.23. The summed E-state index contributed by atoms with van der Waals surface area (Å²) < 4.78 is 0. The van der Waals surface area contributed by atoms with E-state index in [1.54, 1.807) is 11.8 Å². The predicted octanol–water partition coefficient (Wildman–Crippen LogP) is 0.946. The van der Waals surface area contributed by atoms with Gasteiger partial charge in [0.15, 0.2) is 0 Å². The van der Waals surface area contributed by atoms with E-state index in [0.717, 1.165) is 31.6 Å². The molecule has 0 aromatic carbocycles. The van der Waals surface area contributed by atoms with E-state index in [0.29, 0.717) is 0 Å². The number of thioether (sulfide) groups is 1. The van der Waals surface area contributed by atoms with Gasteiger partial charge in [-0.2, -0.15) is 11.8 Å². The second-order valence-corrected chi connectivity index (χ2v) is 4.15. The molecule has 0 spiro atoms. The summed E-state index contributed by atoms with van der Waals surface area (Å²) in [5.74, 6) is 0.230. The fourth-order valence-electron chi connectivity index (χ4n) is 1.59. The van der Waals surface area contributed by atoms with Crippen LogP contribution in [0.3, 0.4) is 0 Å². The summed E-state index contributed by atoms with van der Waals surface area (Å²) in [6.45, 7) is 0.848. The lowest BCUT2D eigenvalue weighted by atomic mass is 9.95. The van der Waals surface area contributed by atoms with Gasteiger partial charge >= 0.3 is 5.97 Å². The second-order valence-electron chi connectivity index (χ2n) is 3.16. The monoisotopic (exact) mass is 189 g/mol. The maximum atomic E-state index is 11.0. The quantitative estimate of drug-likeness (QED) is 0.691. The Morgan fingerprint density at radius 1 is 1.75 bits per heavy atom. The van der Waals surface area contributed by atoms with Gasteiger partial charge in [0.05, 0.1) is 0 Å². The van der Waals surface area contributed by atoms with Crippen molar-refractivity contribution in [1.82, 2.24) is 5.32 Å². The molecule has 0 aromatic heterocycles. The smallest absolute Gasteiger partial charge is 0.323 e. The van der Waals surface area contributed by atoms with E-state index in [2.05, 4.69) is 5.32 Å². The molecule has 1 rings (SSSR count). The number of carboxylic acid groups (broad SMARTS) is 1. The van der Waals surface area contributed by atoms with Crippen molar-refractivity contribution >= 4 is 17.7 Å². The third-order valence-corrected chi connectivity index (χ3v) is 3.00. The molecule has 4 heteroatoms. The third kappa shape index (κ3) is 1.93. The Kier molecular flexibility index (Phi) is 3.40. The summed E-state index contributed by atoms with van der Waals surface area (Å²) in [6.07, 6.45) is 4.51. The lowest BCUT2D eigenvalue weighted by Crippen LogP contribution is -2.47. The van der Waals surface area contributed by atoms with Crippen molar-refractivity contribution in [2.45, 2.75) is 24.8 Å². The molecule has 0 aliphatic carbocycles. The van der Waals surface area contributed by atoms with Crippen molar-refractivity contribution in [2.75, 3.05) is 18.6 Å². The maximum Gasteiger partial charge on any atom is 0.323 e. The van der Waals surface area contributed by atoms with Crippen LogP contribution in [-0.4, -0.2) is 35.2 Å². The van der Waals surface area contributed by atoms with Crippen LogP contribution < -0.4 is 5.32 Å². The van der Waals surface area contributed by atoms with Gasteiger partial charge in [-0.15, -0.1) is 0 Å². The third-order valence-electron chi connectivity index (χ3n) is 2.39. The molecular weight excluding hydrogens is 174 g/mol. The Labute approximate surface area is 76.9 Å². The molecular formula is C8H15NO2S. The zero-order valence-corrected chi connectivity index (χ0v) is 8.12. The van der Waals surface area contributed by atoms with E-state index >= 15 is 0 Å². The molecule has 1 fully saturated rings. The minimum absolute atomic E-state index is 0.608. The number of aliphatic carboxylic acids is 1. The molecule has 1 unspecified atom stereocenters. The van der Waals surface area contributed by atoms with Crippen LogP contribution in [0.2, 0.25) is 0 Å². The highest BCUT2D eigenvalue weighted by molar-refractivity contribution is 7.98. The molecule has 0 aromatic rings. The van der Waals surface area contributed by atoms with E-state index in [1.165, 1.54) is 0 Å². The first kappa shape index (κ1) is 9.86. The first-order valence-corrected chi connectivity index (χ1v) is 5.58. The van der Waals surface area contributed by atoms with Crippen LogP contribution in [0.15, 0.2) is 0 Å². The first-order chi connectivity index (χ1) is 5.71. The standard InChI is InChI=1S/C8H15NO2S/c1-12-6-4-8(7(10)11)3-2-5-9-8/h9H,2-6H2,1H3,(H,10,11). The van der Waals surface area contributed by atoms with E-state index in [4.69, 9.17) is 5.11 Å². The summed E-state index contributed by atoms with van der Waals surface area (Å²) in [4.78, 5) is 11.0. The molecule has 0 bridgehead atoms. The van der Waals surface area contributed by atoms with Gasteiger partial charge in [-0.1, -0.05) is 0 Å². The van der Waals surface area contributed by atoms with E-state index in [1.807, 2.05) is 6.26 Å². The summed E-state index contributed by atoms with van der Waals surface area (Å²) in [7, 11) is 0. The first-order valence-electron chi connectivity index (χ1n) is 4.19. The van der Waals surface area contributed by atoms with Crippen LogP contribution in [0.1, 0.15) is 19.3 Å². The van der Waals surface area contributed by atoms with Gasteiger partial charge in [0.1, 0.15) is 5.54 Å². The van der Waals surface area contributed by atoms with Gasteiger partial charge in [-0.05, 0) is 37.8 Å². The van der Waals surface area contributed by atoms with E-state index in [9.17, 15) is 4.79 Å². The summed E-state index contributed by atoms with van der Waals surface area (Å²) in [6, 6.07) is 0. The summed E-state index contributed by atoms with van der Waals surface area (Å²) >= 11 is 1.70. The van der Waals surface area contributed by atoms with Gasteiger partial charge < -0.3 is 10.4 Å². The fraction of sp³-hybridized carbons (Fsp3) is 0.875. The minimum atomic E-state index is -0.686. The molecule has 0 radical (unpaired) electrons. The van der Waals surface area contributed by atoms with Crippen LogP contribution in [-0.2, 0) is 4.79 Å². The number of carbonyl (C=O) groups is 1. The van der Waals surface area contributed by atoms with Gasteiger partial charge in [-0.3, -0.25) is 4.79 Å². The molecule has 1 saturated heterocycles. The molecule has 70 valence electrons. The second kappa shape index (κ2) is 4.14. The number of hydrogen-bond acceptors (Lipinski definition) is 3. The zero-order chi connectivity index (χ0) is 9.03. The summed E-state index contributed by atoms with van der Waals surface area (Å²) in [5.41, 5.74) is -0.608. The van der Waals surface area contributed by atoms with E-state index in [-0.39, 0.29) is 0 Å². The molecule has 3 nitrogen and oxygen atoms in total. The topological polar surface area (TPSA) is 49.3 Å². The molecule has 1 heterocycles.